The van der Waals surface area contributed by atoms with E-state index in [1.54, 1.807) is 18.2 Å². The Morgan fingerprint density at radius 2 is 2.09 bits per heavy atom. The number of fused-ring (bicyclic) bond motifs is 1. The number of hydrogen-bond donors (Lipinski definition) is 3. The van der Waals surface area contributed by atoms with Crippen LogP contribution in [0.3, 0.4) is 0 Å². The topological polar surface area (TPSA) is 139 Å². The van der Waals surface area contributed by atoms with Gasteiger partial charge in [0, 0.05) is 5.56 Å². The summed E-state index contributed by atoms with van der Waals surface area (Å²) in [6.45, 7) is -0.389. The Morgan fingerprint density at radius 1 is 1.41 bits per heavy atom. The van der Waals surface area contributed by atoms with E-state index < -0.39 is 28.6 Å². The SMILES string of the molecule is NC(=O)CN1C(=O)[C@@](O)([C@H]2SC(N)=NC2=O)c2ccccc21. The summed E-state index contributed by atoms with van der Waals surface area (Å²) < 4.78 is 0. The lowest BCUT2D eigenvalue weighted by molar-refractivity contribution is -0.140. The van der Waals surface area contributed by atoms with E-state index in [9.17, 15) is 19.5 Å². The highest BCUT2D eigenvalue weighted by molar-refractivity contribution is 8.15. The highest BCUT2D eigenvalue weighted by Gasteiger charge is 2.59. The Morgan fingerprint density at radius 3 is 2.68 bits per heavy atom. The minimum atomic E-state index is -2.13. The van der Waals surface area contributed by atoms with E-state index in [4.69, 9.17) is 11.5 Å². The number of nitrogens with zero attached hydrogens (tertiary/aromatic N) is 2. The fourth-order valence-corrected chi connectivity index (χ4v) is 3.59. The number of anilines is 1. The van der Waals surface area contributed by atoms with E-state index in [2.05, 4.69) is 4.99 Å². The van der Waals surface area contributed by atoms with Gasteiger partial charge in [0.1, 0.15) is 11.8 Å². The predicted octanol–water partition coefficient (Wildman–Crippen LogP) is -1.34. The summed E-state index contributed by atoms with van der Waals surface area (Å²) in [5.74, 6) is -2.20. The van der Waals surface area contributed by atoms with Crippen molar-refractivity contribution in [1.29, 1.82) is 0 Å². The first-order chi connectivity index (χ1) is 10.4. The number of aliphatic imine (C=N–C) groups is 1. The molecule has 0 aromatic heterocycles. The highest BCUT2D eigenvalue weighted by Crippen LogP contribution is 2.47. The van der Waals surface area contributed by atoms with E-state index in [1.165, 1.54) is 6.07 Å². The van der Waals surface area contributed by atoms with E-state index in [0.29, 0.717) is 5.69 Å². The first-order valence-electron chi connectivity index (χ1n) is 6.32. The molecule has 0 radical (unpaired) electrons. The van der Waals surface area contributed by atoms with Gasteiger partial charge >= 0.3 is 0 Å². The van der Waals surface area contributed by atoms with Crippen LogP contribution >= 0.6 is 11.8 Å². The maximum absolute atomic E-state index is 12.7. The molecular formula is C13H12N4O4S. The third kappa shape index (κ3) is 1.90. The van der Waals surface area contributed by atoms with E-state index in [-0.39, 0.29) is 17.3 Å². The molecule has 0 bridgehead atoms. The van der Waals surface area contributed by atoms with Crippen molar-refractivity contribution in [1.82, 2.24) is 0 Å². The lowest BCUT2D eigenvalue weighted by Crippen LogP contribution is -2.50. The third-order valence-electron chi connectivity index (χ3n) is 3.55. The van der Waals surface area contributed by atoms with Crippen molar-refractivity contribution in [3.63, 3.8) is 0 Å². The molecule has 8 nitrogen and oxygen atoms in total. The lowest BCUT2D eigenvalue weighted by atomic mass is 9.91. The number of carbonyl (C=O) groups is 3. The van der Waals surface area contributed by atoms with Crippen LogP contribution in [0.4, 0.5) is 5.69 Å². The molecule has 22 heavy (non-hydrogen) atoms. The zero-order valence-corrected chi connectivity index (χ0v) is 12.0. The molecule has 0 saturated carbocycles. The van der Waals surface area contributed by atoms with Gasteiger partial charge in [-0.2, -0.15) is 4.99 Å². The van der Waals surface area contributed by atoms with E-state index >= 15 is 0 Å². The van der Waals surface area contributed by atoms with Crippen molar-refractivity contribution < 1.29 is 19.5 Å². The van der Waals surface area contributed by atoms with Crippen LogP contribution < -0.4 is 16.4 Å². The molecule has 114 valence electrons. The fraction of sp³-hybridized carbons (Fsp3) is 0.231. The maximum atomic E-state index is 12.7. The molecule has 0 spiro atoms. The van der Waals surface area contributed by atoms with Crippen LogP contribution in [0.25, 0.3) is 0 Å². The van der Waals surface area contributed by atoms with Gasteiger partial charge in [-0.3, -0.25) is 19.3 Å². The quantitative estimate of drug-likeness (QED) is 0.630. The summed E-state index contributed by atoms with van der Waals surface area (Å²) in [6, 6.07) is 6.37. The summed E-state index contributed by atoms with van der Waals surface area (Å²) in [5.41, 5.74) is 9.11. The maximum Gasteiger partial charge on any atom is 0.265 e. The minimum Gasteiger partial charge on any atom is -0.378 e. The lowest BCUT2D eigenvalue weighted by Gasteiger charge is -2.26. The fourth-order valence-electron chi connectivity index (χ4n) is 2.66. The van der Waals surface area contributed by atoms with Crippen molar-refractivity contribution in [3.8, 4) is 0 Å². The van der Waals surface area contributed by atoms with Gasteiger partial charge < -0.3 is 16.6 Å². The molecule has 5 N–H and O–H groups in total. The highest BCUT2D eigenvalue weighted by atomic mass is 32.2. The number of thioether (sulfide) groups is 1. The zero-order chi connectivity index (χ0) is 16.1. The Balaban J connectivity index is 2.11. The van der Waals surface area contributed by atoms with Gasteiger partial charge in [0.05, 0.1) is 5.69 Å². The molecule has 0 saturated heterocycles. The van der Waals surface area contributed by atoms with Gasteiger partial charge in [-0.1, -0.05) is 30.0 Å². The Bertz CT molecular complexity index is 735. The molecule has 0 unspecified atom stereocenters. The predicted molar refractivity (Wildman–Crippen MR) is 79.9 cm³/mol. The van der Waals surface area contributed by atoms with Crippen molar-refractivity contribution in [3.05, 3.63) is 29.8 Å². The second kappa shape index (κ2) is 4.82. The minimum absolute atomic E-state index is 0.0120. The standard InChI is InChI=1S/C13H12N4O4S/c14-8(18)5-17-7-4-2-1-3-6(7)13(21,11(17)20)9-10(19)16-12(15)22-9/h1-4,9,21H,5H2,(H2,14,18)(H2,15,16,19)/t9-,13-/m0/s1. The van der Waals surface area contributed by atoms with E-state index in [0.717, 1.165) is 16.7 Å². The van der Waals surface area contributed by atoms with Crippen LogP contribution in [0.2, 0.25) is 0 Å². The van der Waals surface area contributed by atoms with Crippen molar-refractivity contribution in [2.75, 3.05) is 11.4 Å². The second-order valence-corrected chi connectivity index (χ2v) is 6.05. The van der Waals surface area contributed by atoms with E-state index in [1.807, 2.05) is 0 Å². The van der Waals surface area contributed by atoms with Crippen LogP contribution in [0.5, 0.6) is 0 Å². The smallest absolute Gasteiger partial charge is 0.265 e. The van der Waals surface area contributed by atoms with Crippen molar-refractivity contribution in [2.24, 2.45) is 16.5 Å². The molecule has 1 aromatic rings. The number of amidine groups is 1. The second-order valence-electron chi connectivity index (χ2n) is 4.93. The van der Waals surface area contributed by atoms with Crippen LogP contribution in [-0.2, 0) is 20.0 Å². The molecule has 0 fully saturated rings. The summed E-state index contributed by atoms with van der Waals surface area (Å²) >= 11 is 0.823. The Hall–Kier alpha value is -2.39. The third-order valence-corrected chi connectivity index (χ3v) is 4.66. The average molecular weight is 320 g/mol. The van der Waals surface area contributed by atoms with Crippen LogP contribution in [0, 0.1) is 0 Å². The number of rotatable bonds is 3. The summed E-state index contributed by atoms with van der Waals surface area (Å²) in [4.78, 5) is 40.4. The summed E-state index contributed by atoms with van der Waals surface area (Å²) in [6.07, 6.45) is 0. The molecule has 9 heteroatoms. The van der Waals surface area contributed by atoms with Crippen LogP contribution in [-0.4, -0.2) is 39.8 Å². The summed E-state index contributed by atoms with van der Waals surface area (Å²) in [7, 11) is 0. The van der Waals surface area contributed by atoms with Gasteiger partial charge in [0.2, 0.25) is 5.91 Å². The Labute approximate surface area is 129 Å². The number of para-hydroxylation sites is 1. The largest absolute Gasteiger partial charge is 0.378 e. The van der Waals surface area contributed by atoms with Gasteiger partial charge in [-0.25, -0.2) is 0 Å². The number of amides is 3. The zero-order valence-electron chi connectivity index (χ0n) is 11.2. The molecule has 2 atom stereocenters. The molecule has 2 heterocycles. The molecule has 2 aliphatic rings. The van der Waals surface area contributed by atoms with Crippen LogP contribution in [0.15, 0.2) is 29.3 Å². The number of primary amides is 1. The monoisotopic (exact) mass is 320 g/mol. The average Bonchev–Trinajstić information content (AvgIpc) is 2.91. The van der Waals surface area contributed by atoms with Crippen molar-refractivity contribution in [2.45, 2.75) is 10.9 Å². The number of nitrogens with two attached hydrogens (primary N) is 2. The first kappa shape index (κ1) is 14.5. The molecule has 0 aliphatic carbocycles. The molecule has 3 rings (SSSR count). The normalized spacial score (nSPS) is 27.0. The number of carbonyl (C=O) groups excluding carboxylic acids is 3. The molecule has 2 aliphatic heterocycles. The van der Waals surface area contributed by atoms with Gasteiger partial charge in [0.25, 0.3) is 11.8 Å². The number of benzene rings is 1. The first-order valence-corrected chi connectivity index (χ1v) is 7.20. The molecule has 3 amide bonds. The Kier molecular flexibility index (Phi) is 3.18. The number of hydrogen-bond acceptors (Lipinski definition) is 6. The number of aliphatic hydroxyl groups is 1. The molecular weight excluding hydrogens is 308 g/mol. The van der Waals surface area contributed by atoms with Crippen LogP contribution in [0.1, 0.15) is 5.56 Å². The van der Waals surface area contributed by atoms with Gasteiger partial charge in [0.15, 0.2) is 10.8 Å². The summed E-state index contributed by atoms with van der Waals surface area (Å²) in [5, 5.41) is 9.78. The molecule has 1 aromatic carbocycles. The van der Waals surface area contributed by atoms with Crippen molar-refractivity contribution >= 4 is 40.3 Å². The van der Waals surface area contributed by atoms with Gasteiger partial charge in [-0.15, -0.1) is 0 Å². The van der Waals surface area contributed by atoms with Gasteiger partial charge in [-0.05, 0) is 6.07 Å².